The first-order valence-electron chi connectivity index (χ1n) is 11.0. The highest BCUT2D eigenvalue weighted by atomic mass is 16.6. The Morgan fingerprint density at radius 2 is 1.88 bits per heavy atom. The zero-order valence-electron chi connectivity index (χ0n) is 19.3. The first-order valence-corrected chi connectivity index (χ1v) is 11.0. The Labute approximate surface area is 188 Å². The molecule has 1 fully saturated rings. The highest BCUT2D eigenvalue weighted by Gasteiger charge is 2.27. The van der Waals surface area contributed by atoms with Gasteiger partial charge in [0.05, 0.1) is 5.69 Å². The van der Waals surface area contributed by atoms with E-state index in [0.717, 1.165) is 18.4 Å². The van der Waals surface area contributed by atoms with Crippen molar-refractivity contribution in [2.24, 2.45) is 5.92 Å². The molecule has 0 aliphatic carbocycles. The number of amides is 2. The van der Waals surface area contributed by atoms with Gasteiger partial charge in [-0.1, -0.05) is 30.3 Å². The Bertz CT molecular complexity index is 997. The molecule has 1 unspecified atom stereocenters. The van der Waals surface area contributed by atoms with Gasteiger partial charge < -0.3 is 14.5 Å². The van der Waals surface area contributed by atoms with E-state index in [1.54, 1.807) is 22.9 Å². The van der Waals surface area contributed by atoms with Gasteiger partial charge in [-0.05, 0) is 45.6 Å². The van der Waals surface area contributed by atoms with Gasteiger partial charge in [0.2, 0.25) is 5.91 Å². The fourth-order valence-electron chi connectivity index (χ4n) is 3.80. The lowest BCUT2D eigenvalue weighted by Gasteiger charge is -2.35. The smallest absolute Gasteiger partial charge is 0.410 e. The van der Waals surface area contributed by atoms with Gasteiger partial charge in [-0.25, -0.2) is 9.48 Å². The van der Waals surface area contributed by atoms with E-state index < -0.39 is 5.60 Å². The molecule has 8 heteroatoms. The molecular formula is C24H32N4O4. The average molecular weight is 441 g/mol. The normalized spacial score (nSPS) is 16.5. The van der Waals surface area contributed by atoms with Crippen LogP contribution in [-0.4, -0.2) is 63.9 Å². The number of carbonyl (C=O) groups is 2. The number of rotatable bonds is 5. The van der Waals surface area contributed by atoms with Crippen LogP contribution in [0.1, 0.15) is 33.6 Å². The molecule has 32 heavy (non-hydrogen) atoms. The number of hydrogen-bond acceptors (Lipinski definition) is 5. The lowest BCUT2D eigenvalue weighted by atomic mass is 9.97. The molecule has 3 rings (SSSR count). The van der Waals surface area contributed by atoms with E-state index >= 15 is 0 Å². The van der Waals surface area contributed by atoms with Crippen molar-refractivity contribution in [3.05, 3.63) is 52.8 Å². The summed E-state index contributed by atoms with van der Waals surface area (Å²) >= 11 is 0. The maximum Gasteiger partial charge on any atom is 0.410 e. The first-order chi connectivity index (χ1) is 15.1. The highest BCUT2D eigenvalue weighted by molar-refractivity contribution is 5.76. The monoisotopic (exact) mass is 440 g/mol. The number of likely N-dealkylation sites (tertiary alicyclic amines) is 1. The van der Waals surface area contributed by atoms with Crippen LogP contribution in [0.25, 0.3) is 11.3 Å². The summed E-state index contributed by atoms with van der Waals surface area (Å²) in [4.78, 5) is 40.8. The zero-order chi connectivity index (χ0) is 23.3. The van der Waals surface area contributed by atoms with E-state index in [2.05, 4.69) is 5.10 Å². The van der Waals surface area contributed by atoms with Crippen molar-refractivity contribution in [1.82, 2.24) is 19.6 Å². The summed E-state index contributed by atoms with van der Waals surface area (Å²) in [5.74, 6) is 0.0139. The van der Waals surface area contributed by atoms with Gasteiger partial charge in [-0.3, -0.25) is 9.59 Å². The van der Waals surface area contributed by atoms with Crippen molar-refractivity contribution in [1.29, 1.82) is 0 Å². The van der Waals surface area contributed by atoms with Gasteiger partial charge in [0.15, 0.2) is 0 Å². The molecule has 0 spiro atoms. The first kappa shape index (κ1) is 23.5. The zero-order valence-corrected chi connectivity index (χ0v) is 19.3. The van der Waals surface area contributed by atoms with E-state index in [1.165, 1.54) is 10.7 Å². The maximum atomic E-state index is 12.9. The number of aromatic nitrogens is 2. The van der Waals surface area contributed by atoms with Crippen LogP contribution < -0.4 is 5.56 Å². The lowest BCUT2D eigenvalue weighted by molar-refractivity contribution is -0.134. The van der Waals surface area contributed by atoms with Crippen LogP contribution in [-0.2, 0) is 16.1 Å². The average Bonchev–Trinajstić information content (AvgIpc) is 2.75. The minimum Gasteiger partial charge on any atom is -0.444 e. The van der Waals surface area contributed by atoms with Crippen LogP contribution in [0.3, 0.4) is 0 Å². The maximum absolute atomic E-state index is 12.9. The Morgan fingerprint density at radius 1 is 1.16 bits per heavy atom. The second-order valence-electron chi connectivity index (χ2n) is 9.29. The molecule has 0 bridgehead atoms. The van der Waals surface area contributed by atoms with Crippen LogP contribution in [0.15, 0.2) is 47.3 Å². The molecule has 2 amide bonds. The minimum atomic E-state index is -0.547. The van der Waals surface area contributed by atoms with Gasteiger partial charge >= 0.3 is 6.09 Å². The third-order valence-electron chi connectivity index (χ3n) is 5.33. The summed E-state index contributed by atoms with van der Waals surface area (Å²) in [7, 11) is 1.72. The fourth-order valence-corrected chi connectivity index (χ4v) is 3.80. The van der Waals surface area contributed by atoms with E-state index in [-0.39, 0.29) is 30.0 Å². The standard InChI is InChI=1S/C24H32N4O4/c1-24(2,3)32-23(31)26(4)15-18-9-8-14-27(16-18)22(30)17-28-21(29)13-12-20(25-28)19-10-6-5-7-11-19/h5-7,10-13,18H,8-9,14-17H2,1-4H3. The predicted octanol–water partition coefficient (Wildman–Crippen LogP) is 3.02. The van der Waals surface area contributed by atoms with Crippen LogP contribution in [0, 0.1) is 5.92 Å². The molecule has 2 heterocycles. The van der Waals surface area contributed by atoms with Gasteiger partial charge in [-0.2, -0.15) is 5.10 Å². The quantitative estimate of drug-likeness (QED) is 0.714. The molecule has 8 nitrogen and oxygen atoms in total. The second-order valence-corrected chi connectivity index (χ2v) is 9.29. The van der Waals surface area contributed by atoms with Gasteiger partial charge in [-0.15, -0.1) is 0 Å². The van der Waals surface area contributed by atoms with Crippen LogP contribution in [0.5, 0.6) is 0 Å². The predicted molar refractivity (Wildman–Crippen MR) is 122 cm³/mol. The van der Waals surface area contributed by atoms with Crippen molar-refractivity contribution in [2.75, 3.05) is 26.7 Å². The Kier molecular flexibility index (Phi) is 7.33. The van der Waals surface area contributed by atoms with Gasteiger partial charge in [0.25, 0.3) is 5.56 Å². The third-order valence-corrected chi connectivity index (χ3v) is 5.33. The molecule has 0 radical (unpaired) electrons. The molecule has 1 aliphatic heterocycles. The number of carbonyl (C=O) groups excluding carboxylic acids is 2. The number of hydrogen-bond donors (Lipinski definition) is 0. The number of nitrogens with zero attached hydrogens (tertiary/aromatic N) is 4. The molecule has 172 valence electrons. The molecule has 1 atom stereocenters. The molecule has 0 N–H and O–H groups in total. The number of ether oxygens (including phenoxy) is 1. The Balaban J connectivity index is 1.62. The summed E-state index contributed by atoms with van der Waals surface area (Å²) in [6, 6.07) is 12.7. The largest absolute Gasteiger partial charge is 0.444 e. The van der Waals surface area contributed by atoms with E-state index in [9.17, 15) is 14.4 Å². The third kappa shape index (κ3) is 6.42. The van der Waals surface area contributed by atoms with Crippen molar-refractivity contribution >= 4 is 12.0 Å². The highest BCUT2D eigenvalue weighted by Crippen LogP contribution is 2.19. The van der Waals surface area contributed by atoms with Gasteiger partial charge in [0.1, 0.15) is 12.1 Å². The number of benzene rings is 1. The summed E-state index contributed by atoms with van der Waals surface area (Å²) < 4.78 is 6.64. The molecule has 1 aromatic heterocycles. The fraction of sp³-hybridized carbons (Fsp3) is 0.500. The van der Waals surface area contributed by atoms with Crippen LogP contribution >= 0.6 is 0 Å². The lowest BCUT2D eigenvalue weighted by Crippen LogP contribution is -2.46. The van der Waals surface area contributed by atoms with Crippen LogP contribution in [0.4, 0.5) is 4.79 Å². The molecule has 1 aliphatic rings. The number of piperidine rings is 1. The van der Waals surface area contributed by atoms with E-state index in [4.69, 9.17) is 4.74 Å². The van der Waals surface area contributed by atoms with Gasteiger partial charge in [0, 0.05) is 38.3 Å². The van der Waals surface area contributed by atoms with Crippen molar-refractivity contribution in [3.63, 3.8) is 0 Å². The summed E-state index contributed by atoms with van der Waals surface area (Å²) in [6.45, 7) is 7.10. The van der Waals surface area contributed by atoms with Crippen LogP contribution in [0.2, 0.25) is 0 Å². The molecule has 2 aromatic rings. The topological polar surface area (TPSA) is 84.7 Å². The summed E-state index contributed by atoms with van der Waals surface area (Å²) in [5, 5.41) is 4.39. The second kappa shape index (κ2) is 9.97. The Hall–Kier alpha value is -3.16. The molecule has 1 aromatic carbocycles. The van der Waals surface area contributed by atoms with E-state index in [1.807, 2.05) is 51.1 Å². The molecular weight excluding hydrogens is 408 g/mol. The van der Waals surface area contributed by atoms with Crippen molar-refractivity contribution < 1.29 is 14.3 Å². The summed E-state index contributed by atoms with van der Waals surface area (Å²) in [6.07, 6.45) is 1.42. The SMILES string of the molecule is CN(CC1CCCN(C(=O)Cn2nc(-c3ccccc3)ccc2=O)C1)C(=O)OC(C)(C)C. The molecule has 0 saturated carbocycles. The van der Waals surface area contributed by atoms with Crippen molar-refractivity contribution in [2.45, 2.75) is 45.8 Å². The Morgan fingerprint density at radius 3 is 2.56 bits per heavy atom. The van der Waals surface area contributed by atoms with Crippen molar-refractivity contribution in [3.8, 4) is 11.3 Å². The van der Waals surface area contributed by atoms with E-state index in [0.29, 0.717) is 25.3 Å². The molecule has 1 saturated heterocycles. The minimum absolute atomic E-state index is 0.103. The summed E-state index contributed by atoms with van der Waals surface area (Å²) in [5.41, 5.74) is 0.677.